The topological polar surface area (TPSA) is 32.8 Å². The molecule has 0 N–H and O–H groups in total. The fourth-order valence-electron chi connectivity index (χ4n) is 3.73. The highest BCUT2D eigenvalue weighted by Gasteiger charge is 2.43. The van der Waals surface area contributed by atoms with Crippen molar-refractivity contribution in [2.45, 2.75) is 6.17 Å². The average molecular weight is 366 g/mol. The van der Waals surface area contributed by atoms with Crippen LogP contribution in [0.1, 0.15) is 11.7 Å². The average Bonchev–Trinajstić information content (AvgIpc) is 3.11. The fraction of sp³-hybridized carbons (Fsp3) is 0.0417. The van der Waals surface area contributed by atoms with Crippen LogP contribution in [-0.2, 0) is 4.84 Å². The van der Waals surface area contributed by atoms with E-state index in [0.717, 1.165) is 27.7 Å². The number of hydrogen-bond donors (Lipinski definition) is 0. The Kier molecular flexibility index (Phi) is 3.95. The third-order valence-corrected chi connectivity index (χ3v) is 4.99. The van der Waals surface area contributed by atoms with E-state index in [9.17, 15) is 4.79 Å². The monoisotopic (exact) mass is 366 g/mol. The molecule has 136 valence electrons. The molecule has 0 aromatic heterocycles. The number of carbonyl (C=O) groups is 1. The van der Waals surface area contributed by atoms with Crippen LogP contribution in [0.25, 0.3) is 10.8 Å². The van der Waals surface area contributed by atoms with Gasteiger partial charge in [-0.15, -0.1) is 0 Å². The van der Waals surface area contributed by atoms with Crippen molar-refractivity contribution in [1.29, 1.82) is 0 Å². The van der Waals surface area contributed by atoms with Crippen molar-refractivity contribution in [2.24, 2.45) is 0 Å². The number of fused-ring (bicyclic) bond motifs is 1. The number of anilines is 2. The van der Waals surface area contributed by atoms with Gasteiger partial charge in [-0.2, -0.15) is 5.06 Å². The first-order valence-corrected chi connectivity index (χ1v) is 9.21. The lowest BCUT2D eigenvalue weighted by Crippen LogP contribution is -2.31. The molecule has 1 atom stereocenters. The maximum absolute atomic E-state index is 12.9. The van der Waals surface area contributed by atoms with Gasteiger partial charge in [-0.25, -0.2) is 9.69 Å². The second-order valence-electron chi connectivity index (χ2n) is 6.67. The molecule has 0 saturated carbocycles. The van der Waals surface area contributed by atoms with Crippen molar-refractivity contribution in [3.63, 3.8) is 0 Å². The summed E-state index contributed by atoms with van der Waals surface area (Å²) < 4.78 is 0. The largest absolute Gasteiger partial charge is 0.440 e. The minimum Gasteiger partial charge on any atom is -0.319 e. The Hall–Kier alpha value is -3.79. The van der Waals surface area contributed by atoms with E-state index in [1.807, 2.05) is 78.9 Å². The number of benzene rings is 4. The van der Waals surface area contributed by atoms with Crippen molar-refractivity contribution in [3.8, 4) is 0 Å². The number of nitrogens with zero attached hydrogens (tertiary/aromatic N) is 2. The number of amides is 1. The molecular formula is C24H18N2O2. The van der Waals surface area contributed by atoms with Gasteiger partial charge in [0.15, 0.2) is 6.17 Å². The first-order chi connectivity index (χ1) is 13.8. The molecule has 0 spiro atoms. The Labute approximate surface area is 163 Å². The summed E-state index contributed by atoms with van der Waals surface area (Å²) in [5, 5.41) is 3.91. The standard InChI is InChI=1S/C24H18N2O2/c27-24-25(19-12-3-1-4-13-19)23(26(28-24)20-14-5-2-6-15-20)22-17-9-11-18-10-7-8-16-21(18)22/h1-17,23H/t23-/m0/s1. The molecule has 5 rings (SSSR count). The smallest absolute Gasteiger partial charge is 0.319 e. The third kappa shape index (κ3) is 2.67. The molecule has 4 nitrogen and oxygen atoms in total. The molecule has 4 heteroatoms. The van der Waals surface area contributed by atoms with Crippen LogP contribution >= 0.6 is 0 Å². The maximum Gasteiger partial charge on any atom is 0.440 e. The fourth-order valence-corrected chi connectivity index (χ4v) is 3.73. The van der Waals surface area contributed by atoms with Crippen LogP contribution in [0.2, 0.25) is 0 Å². The predicted octanol–water partition coefficient (Wildman–Crippen LogP) is 5.92. The quantitative estimate of drug-likeness (QED) is 0.451. The van der Waals surface area contributed by atoms with Crippen LogP contribution in [0.4, 0.5) is 16.2 Å². The minimum atomic E-state index is -0.414. The number of carbonyl (C=O) groups excluding carboxylic acids is 1. The molecule has 1 fully saturated rings. The van der Waals surface area contributed by atoms with Crippen LogP contribution < -0.4 is 9.96 Å². The highest BCUT2D eigenvalue weighted by atomic mass is 16.7. The lowest BCUT2D eigenvalue weighted by atomic mass is 10.0. The molecule has 28 heavy (non-hydrogen) atoms. The van der Waals surface area contributed by atoms with Crippen molar-refractivity contribution in [3.05, 3.63) is 109 Å². The van der Waals surface area contributed by atoms with Gasteiger partial charge in [0.2, 0.25) is 0 Å². The summed E-state index contributed by atoms with van der Waals surface area (Å²) in [5.41, 5.74) is 2.63. The van der Waals surface area contributed by atoms with Crippen molar-refractivity contribution in [2.75, 3.05) is 9.96 Å². The van der Waals surface area contributed by atoms with Gasteiger partial charge in [-0.3, -0.25) is 0 Å². The molecule has 0 radical (unpaired) electrons. The first-order valence-electron chi connectivity index (χ1n) is 9.21. The summed E-state index contributed by atoms with van der Waals surface area (Å²) in [5.74, 6) is 0. The van der Waals surface area contributed by atoms with Crippen LogP contribution in [0.15, 0.2) is 103 Å². The second-order valence-corrected chi connectivity index (χ2v) is 6.67. The molecule has 1 heterocycles. The Morgan fingerprint density at radius 2 is 1.25 bits per heavy atom. The highest BCUT2D eigenvalue weighted by molar-refractivity contribution is 5.95. The Morgan fingerprint density at radius 1 is 0.643 bits per heavy atom. The van der Waals surface area contributed by atoms with E-state index >= 15 is 0 Å². The van der Waals surface area contributed by atoms with Crippen LogP contribution in [-0.4, -0.2) is 6.09 Å². The van der Waals surface area contributed by atoms with E-state index in [0.29, 0.717) is 0 Å². The van der Waals surface area contributed by atoms with Gasteiger partial charge in [0.25, 0.3) is 0 Å². The van der Waals surface area contributed by atoms with E-state index in [1.165, 1.54) is 0 Å². The summed E-state index contributed by atoms with van der Waals surface area (Å²) in [6.07, 6.45) is -0.809. The van der Waals surface area contributed by atoms with E-state index in [1.54, 1.807) is 9.96 Å². The molecule has 1 amide bonds. The summed E-state index contributed by atoms with van der Waals surface area (Å²) in [7, 11) is 0. The molecule has 0 aliphatic carbocycles. The molecule has 0 unspecified atom stereocenters. The van der Waals surface area contributed by atoms with Crippen LogP contribution in [0.3, 0.4) is 0 Å². The molecule has 1 aliphatic rings. The zero-order valence-electron chi connectivity index (χ0n) is 15.1. The van der Waals surface area contributed by atoms with E-state index in [4.69, 9.17) is 4.84 Å². The lowest BCUT2D eigenvalue weighted by Gasteiger charge is -2.28. The number of hydroxylamine groups is 1. The molecule has 0 bridgehead atoms. The zero-order valence-corrected chi connectivity index (χ0v) is 15.1. The van der Waals surface area contributed by atoms with Gasteiger partial charge < -0.3 is 4.84 Å². The van der Waals surface area contributed by atoms with Gasteiger partial charge in [-0.1, -0.05) is 78.9 Å². The van der Waals surface area contributed by atoms with E-state index in [2.05, 4.69) is 24.3 Å². The second kappa shape index (κ2) is 6.74. The molecular weight excluding hydrogens is 348 g/mol. The summed E-state index contributed by atoms with van der Waals surface area (Å²) in [6.45, 7) is 0. The van der Waals surface area contributed by atoms with Crippen LogP contribution in [0.5, 0.6) is 0 Å². The predicted molar refractivity (Wildman–Crippen MR) is 111 cm³/mol. The lowest BCUT2D eigenvalue weighted by molar-refractivity contribution is 0.164. The molecule has 1 saturated heterocycles. The van der Waals surface area contributed by atoms with E-state index in [-0.39, 0.29) is 0 Å². The normalized spacial score (nSPS) is 16.4. The van der Waals surface area contributed by atoms with Crippen molar-refractivity contribution in [1.82, 2.24) is 0 Å². The number of rotatable bonds is 3. The molecule has 1 aliphatic heterocycles. The summed E-state index contributed by atoms with van der Waals surface area (Å²) in [4.78, 5) is 20.4. The highest BCUT2D eigenvalue weighted by Crippen LogP contribution is 2.41. The zero-order chi connectivity index (χ0) is 18.9. The Balaban J connectivity index is 1.73. The summed E-state index contributed by atoms with van der Waals surface area (Å²) in [6, 6.07) is 33.7. The van der Waals surface area contributed by atoms with Gasteiger partial charge in [0.05, 0.1) is 5.69 Å². The summed E-state index contributed by atoms with van der Waals surface area (Å²) >= 11 is 0. The SMILES string of the molecule is O=C1ON(c2ccccc2)[C@@H](c2cccc3ccccc23)N1c1ccccc1. The minimum absolute atomic E-state index is 0.395. The van der Waals surface area contributed by atoms with E-state index < -0.39 is 12.3 Å². The Bertz CT molecular complexity index is 1120. The number of para-hydroxylation sites is 2. The van der Waals surface area contributed by atoms with Gasteiger partial charge >= 0.3 is 6.09 Å². The molecule has 4 aromatic rings. The number of hydrogen-bond acceptors (Lipinski definition) is 3. The third-order valence-electron chi connectivity index (χ3n) is 4.99. The Morgan fingerprint density at radius 3 is 2.00 bits per heavy atom. The molecule has 4 aromatic carbocycles. The van der Waals surface area contributed by atoms with Gasteiger partial charge in [0, 0.05) is 11.3 Å². The maximum atomic E-state index is 12.9. The first kappa shape index (κ1) is 16.4. The van der Waals surface area contributed by atoms with Crippen LogP contribution in [0, 0.1) is 0 Å². The van der Waals surface area contributed by atoms with Gasteiger partial charge in [0.1, 0.15) is 0 Å². The van der Waals surface area contributed by atoms with Crippen molar-refractivity contribution < 1.29 is 9.63 Å². The van der Waals surface area contributed by atoms with Crippen molar-refractivity contribution >= 4 is 28.2 Å². The van der Waals surface area contributed by atoms with Gasteiger partial charge in [-0.05, 0) is 35.0 Å².